The van der Waals surface area contributed by atoms with E-state index in [4.69, 9.17) is 0 Å². The van der Waals surface area contributed by atoms with Gasteiger partial charge >= 0.3 is 0 Å². The molecule has 0 spiro atoms. The molecule has 0 fully saturated rings. The van der Waals surface area contributed by atoms with E-state index in [0.717, 1.165) is 0 Å². The fourth-order valence-corrected chi connectivity index (χ4v) is 3.82. The highest BCUT2D eigenvalue weighted by molar-refractivity contribution is 7.10. The average molecular weight is 366 g/mol. The Bertz CT molecular complexity index is 624. The fourth-order valence-electron chi connectivity index (χ4n) is 2.26. The summed E-state index contributed by atoms with van der Waals surface area (Å²) >= 11 is 3.19. The van der Waals surface area contributed by atoms with Gasteiger partial charge in [0.15, 0.2) is 0 Å². The Morgan fingerprint density at radius 2 is 2.04 bits per heavy atom. The van der Waals surface area contributed by atoms with Gasteiger partial charge in [0.2, 0.25) is 5.91 Å². The van der Waals surface area contributed by atoms with Crippen molar-refractivity contribution in [2.75, 3.05) is 27.2 Å². The monoisotopic (exact) mass is 365 g/mol. The number of likely N-dealkylation sites (N-methyl/N-ethyl adjacent to an activating group) is 1. The zero-order valence-electron chi connectivity index (χ0n) is 14.0. The number of hydrogen-bond donors (Lipinski definition) is 2. The first-order chi connectivity index (χ1) is 11.6. The second kappa shape index (κ2) is 9.56. The number of amides is 2. The molecular formula is C17H23N3O2S2. The molecule has 24 heavy (non-hydrogen) atoms. The van der Waals surface area contributed by atoms with Gasteiger partial charge in [-0.3, -0.25) is 9.59 Å². The Morgan fingerprint density at radius 1 is 1.21 bits per heavy atom. The van der Waals surface area contributed by atoms with Gasteiger partial charge in [-0.05, 0) is 43.4 Å². The molecule has 5 nitrogen and oxygen atoms in total. The van der Waals surface area contributed by atoms with Crippen molar-refractivity contribution in [2.24, 2.45) is 0 Å². The summed E-state index contributed by atoms with van der Waals surface area (Å²) in [5, 5.41) is 11.5. The van der Waals surface area contributed by atoms with E-state index in [-0.39, 0.29) is 17.9 Å². The van der Waals surface area contributed by atoms with Crippen molar-refractivity contribution in [3.63, 3.8) is 0 Å². The minimum absolute atomic E-state index is 0.0168. The average Bonchev–Trinajstić information content (AvgIpc) is 3.24. The Balaban J connectivity index is 1.65. The highest BCUT2D eigenvalue weighted by atomic mass is 32.1. The van der Waals surface area contributed by atoms with Crippen LogP contribution in [0.25, 0.3) is 0 Å². The van der Waals surface area contributed by atoms with Crippen molar-refractivity contribution in [3.05, 3.63) is 44.8 Å². The molecule has 0 bridgehead atoms. The van der Waals surface area contributed by atoms with Crippen LogP contribution in [0.2, 0.25) is 0 Å². The molecule has 0 aliphatic carbocycles. The van der Waals surface area contributed by atoms with Gasteiger partial charge < -0.3 is 15.5 Å². The maximum atomic E-state index is 12.0. The summed E-state index contributed by atoms with van der Waals surface area (Å²) in [5.74, 6) is -0.0646. The van der Waals surface area contributed by atoms with Crippen LogP contribution < -0.4 is 10.6 Å². The number of thiophene rings is 2. The number of carbonyl (C=O) groups is 2. The molecule has 1 unspecified atom stereocenters. The van der Waals surface area contributed by atoms with Crippen LogP contribution in [-0.2, 0) is 4.79 Å². The van der Waals surface area contributed by atoms with Crippen molar-refractivity contribution >= 4 is 34.5 Å². The largest absolute Gasteiger partial charge is 0.354 e. The quantitative estimate of drug-likeness (QED) is 0.672. The molecule has 2 aromatic heterocycles. The highest BCUT2D eigenvalue weighted by Crippen LogP contribution is 2.22. The fraction of sp³-hybridized carbons (Fsp3) is 0.412. The summed E-state index contributed by atoms with van der Waals surface area (Å²) in [4.78, 5) is 27.1. The molecule has 0 saturated heterocycles. The lowest BCUT2D eigenvalue weighted by Crippen LogP contribution is -2.34. The van der Waals surface area contributed by atoms with Crippen LogP contribution in [0.15, 0.2) is 34.3 Å². The Labute approximate surface area is 150 Å². The van der Waals surface area contributed by atoms with Crippen LogP contribution >= 0.6 is 22.7 Å². The first-order valence-electron chi connectivity index (χ1n) is 7.85. The molecule has 0 radical (unpaired) electrons. The third kappa shape index (κ3) is 5.74. The molecule has 0 aliphatic rings. The molecule has 2 heterocycles. The van der Waals surface area contributed by atoms with Crippen LogP contribution in [0.1, 0.15) is 34.1 Å². The van der Waals surface area contributed by atoms with Crippen LogP contribution in [0.3, 0.4) is 0 Å². The van der Waals surface area contributed by atoms with Gasteiger partial charge in [0.1, 0.15) is 0 Å². The lowest BCUT2D eigenvalue weighted by molar-refractivity contribution is -0.121. The summed E-state index contributed by atoms with van der Waals surface area (Å²) in [6.07, 6.45) is 1.04. The molecule has 0 saturated carbocycles. The number of nitrogens with zero attached hydrogens (tertiary/aromatic N) is 1. The molecule has 7 heteroatoms. The van der Waals surface area contributed by atoms with Gasteiger partial charge in [-0.15, -0.1) is 11.3 Å². The predicted octanol–water partition coefficient (Wildman–Crippen LogP) is 2.74. The van der Waals surface area contributed by atoms with Crippen LogP contribution in [0, 0.1) is 0 Å². The van der Waals surface area contributed by atoms with Crippen LogP contribution in [-0.4, -0.2) is 43.9 Å². The van der Waals surface area contributed by atoms with Crippen molar-refractivity contribution in [1.82, 2.24) is 15.5 Å². The summed E-state index contributed by atoms with van der Waals surface area (Å²) in [5.41, 5.74) is 0.675. The van der Waals surface area contributed by atoms with Gasteiger partial charge in [-0.2, -0.15) is 11.3 Å². The van der Waals surface area contributed by atoms with Gasteiger partial charge in [-0.1, -0.05) is 6.07 Å². The molecule has 1 atom stereocenters. The molecular weight excluding hydrogens is 342 g/mol. The normalized spacial score (nSPS) is 12.1. The Morgan fingerprint density at radius 3 is 2.67 bits per heavy atom. The van der Waals surface area contributed by atoms with Crippen LogP contribution in [0.5, 0.6) is 0 Å². The second-order valence-corrected chi connectivity index (χ2v) is 7.43. The predicted molar refractivity (Wildman–Crippen MR) is 99.6 cm³/mol. The zero-order valence-corrected chi connectivity index (χ0v) is 15.6. The summed E-state index contributed by atoms with van der Waals surface area (Å²) in [6.45, 7) is 1.09. The van der Waals surface area contributed by atoms with Gasteiger partial charge in [0.25, 0.3) is 5.91 Å². The number of nitrogens with one attached hydrogen (secondary N) is 2. The number of rotatable bonds is 9. The van der Waals surface area contributed by atoms with E-state index in [2.05, 4.69) is 21.6 Å². The maximum Gasteiger partial charge on any atom is 0.252 e. The SMILES string of the molecule is CN(C)C(CNC(=O)CCCNC(=O)c1ccsc1)c1cccs1. The maximum absolute atomic E-state index is 12.0. The van der Waals surface area contributed by atoms with Gasteiger partial charge in [0, 0.05) is 35.3 Å². The summed E-state index contributed by atoms with van der Waals surface area (Å²) in [6, 6.07) is 6.08. The van der Waals surface area contributed by atoms with Crippen molar-refractivity contribution < 1.29 is 9.59 Å². The Hall–Kier alpha value is -1.70. The van der Waals surface area contributed by atoms with E-state index in [1.807, 2.05) is 36.3 Å². The first-order valence-corrected chi connectivity index (χ1v) is 9.67. The summed E-state index contributed by atoms with van der Waals surface area (Å²) < 4.78 is 0. The third-order valence-corrected chi connectivity index (χ3v) is 5.29. The van der Waals surface area contributed by atoms with Crippen LogP contribution in [0.4, 0.5) is 0 Å². The van der Waals surface area contributed by atoms with E-state index in [1.54, 1.807) is 17.4 Å². The van der Waals surface area contributed by atoms with E-state index in [1.165, 1.54) is 16.2 Å². The van der Waals surface area contributed by atoms with Gasteiger partial charge in [-0.25, -0.2) is 0 Å². The molecule has 2 N–H and O–H groups in total. The molecule has 130 valence electrons. The highest BCUT2D eigenvalue weighted by Gasteiger charge is 2.16. The van der Waals surface area contributed by atoms with E-state index in [0.29, 0.717) is 31.5 Å². The standard InChI is InChI=1S/C17H23N3O2S2/c1-20(2)14(15-5-4-9-24-15)11-19-16(21)6-3-8-18-17(22)13-7-10-23-12-13/h4-5,7,9-10,12,14H,3,6,8,11H2,1-2H3,(H,18,22)(H,19,21). The lowest BCUT2D eigenvalue weighted by atomic mass is 10.2. The van der Waals surface area contributed by atoms with Gasteiger partial charge in [0.05, 0.1) is 6.04 Å². The molecule has 0 aromatic carbocycles. The van der Waals surface area contributed by atoms with Crippen molar-refractivity contribution in [1.29, 1.82) is 0 Å². The summed E-state index contributed by atoms with van der Waals surface area (Å²) in [7, 11) is 4.02. The van der Waals surface area contributed by atoms with E-state index in [9.17, 15) is 9.59 Å². The van der Waals surface area contributed by atoms with Crippen molar-refractivity contribution in [3.8, 4) is 0 Å². The van der Waals surface area contributed by atoms with E-state index < -0.39 is 0 Å². The molecule has 2 aromatic rings. The molecule has 2 rings (SSSR count). The van der Waals surface area contributed by atoms with E-state index >= 15 is 0 Å². The zero-order chi connectivity index (χ0) is 17.4. The second-order valence-electron chi connectivity index (χ2n) is 5.67. The smallest absolute Gasteiger partial charge is 0.252 e. The molecule has 2 amide bonds. The minimum atomic E-state index is -0.0815. The van der Waals surface area contributed by atoms with Crippen molar-refractivity contribution in [2.45, 2.75) is 18.9 Å². The lowest BCUT2D eigenvalue weighted by Gasteiger charge is -2.23. The minimum Gasteiger partial charge on any atom is -0.354 e. The first kappa shape index (κ1) is 18.6. The number of carbonyl (C=O) groups excluding carboxylic acids is 2. The number of hydrogen-bond acceptors (Lipinski definition) is 5. The topological polar surface area (TPSA) is 61.4 Å². The molecule has 0 aliphatic heterocycles. The third-order valence-electron chi connectivity index (χ3n) is 3.64. The Kier molecular flexibility index (Phi) is 7.42.